The summed E-state index contributed by atoms with van der Waals surface area (Å²) < 4.78 is 31.0. The van der Waals surface area contributed by atoms with Crippen LogP contribution in [0.15, 0.2) is 42.5 Å². The van der Waals surface area contributed by atoms with Gasteiger partial charge >= 0.3 is 0 Å². The summed E-state index contributed by atoms with van der Waals surface area (Å²) >= 11 is 12.0. The van der Waals surface area contributed by atoms with E-state index in [1.165, 1.54) is 18.2 Å². The third-order valence-corrected chi connectivity index (χ3v) is 5.76. The van der Waals surface area contributed by atoms with E-state index < -0.39 is 15.9 Å². The standard InChI is InChI=1S/C21H26Cl2N2O4S/c1-15(2)29-18-8-4-6-16(12-18)7-5-11-24-21(26)14-25(30(3,27)28)20-10-9-17(22)13-19(20)23/h4,6,8-10,12-13,15H,5,7,11,14H2,1-3H3,(H,24,26). The molecule has 164 valence electrons. The van der Waals surface area contributed by atoms with Crippen LogP contribution in [0.3, 0.4) is 0 Å². The molecule has 0 aliphatic rings. The van der Waals surface area contributed by atoms with Gasteiger partial charge < -0.3 is 10.1 Å². The summed E-state index contributed by atoms with van der Waals surface area (Å²) in [6, 6.07) is 12.3. The molecule has 0 radical (unpaired) electrons. The first-order chi connectivity index (χ1) is 14.1. The van der Waals surface area contributed by atoms with Gasteiger partial charge in [0.1, 0.15) is 12.3 Å². The van der Waals surface area contributed by atoms with Gasteiger partial charge in [0.25, 0.3) is 0 Å². The van der Waals surface area contributed by atoms with Gasteiger partial charge in [-0.1, -0.05) is 35.3 Å². The first kappa shape index (κ1) is 24.3. The number of halogens is 2. The molecule has 1 N–H and O–H groups in total. The number of rotatable bonds is 10. The Kier molecular flexibility index (Phi) is 8.82. The summed E-state index contributed by atoms with van der Waals surface area (Å²) in [5, 5.41) is 3.29. The molecule has 0 atom stereocenters. The Labute approximate surface area is 188 Å². The third kappa shape index (κ3) is 7.70. The highest BCUT2D eigenvalue weighted by Crippen LogP contribution is 2.30. The van der Waals surface area contributed by atoms with E-state index in [2.05, 4.69) is 5.32 Å². The number of benzene rings is 2. The maximum absolute atomic E-state index is 12.3. The fourth-order valence-electron chi connectivity index (χ4n) is 2.82. The van der Waals surface area contributed by atoms with Crippen LogP contribution < -0.4 is 14.4 Å². The fraction of sp³-hybridized carbons (Fsp3) is 0.381. The molecule has 0 fully saturated rings. The fourth-order valence-corrected chi connectivity index (χ4v) is 4.25. The van der Waals surface area contributed by atoms with Crippen LogP contribution in [0.5, 0.6) is 5.75 Å². The number of carbonyl (C=O) groups excluding carboxylic acids is 1. The molecule has 0 saturated heterocycles. The molecule has 0 aromatic heterocycles. The van der Waals surface area contributed by atoms with Gasteiger partial charge in [-0.3, -0.25) is 9.10 Å². The van der Waals surface area contributed by atoms with Crippen LogP contribution in [0, 0.1) is 0 Å². The lowest BCUT2D eigenvalue weighted by atomic mass is 10.1. The van der Waals surface area contributed by atoms with Crippen molar-refractivity contribution in [2.24, 2.45) is 0 Å². The van der Waals surface area contributed by atoms with Crippen molar-refractivity contribution in [1.82, 2.24) is 5.32 Å². The summed E-state index contributed by atoms with van der Waals surface area (Å²) in [4.78, 5) is 12.3. The Bertz CT molecular complexity index is 981. The predicted octanol–water partition coefficient (Wildman–Crippen LogP) is 4.30. The minimum atomic E-state index is -3.71. The SMILES string of the molecule is CC(C)Oc1cccc(CCCNC(=O)CN(c2ccc(Cl)cc2Cl)S(C)(=O)=O)c1. The average molecular weight is 473 g/mol. The monoisotopic (exact) mass is 472 g/mol. The number of hydrogen-bond donors (Lipinski definition) is 1. The Morgan fingerprint density at radius 3 is 2.53 bits per heavy atom. The molecule has 0 unspecified atom stereocenters. The molecule has 2 aromatic rings. The quantitative estimate of drug-likeness (QED) is 0.523. The summed E-state index contributed by atoms with van der Waals surface area (Å²) in [7, 11) is -3.71. The zero-order valence-corrected chi connectivity index (χ0v) is 19.5. The first-order valence-corrected chi connectivity index (χ1v) is 12.1. The van der Waals surface area contributed by atoms with Crippen molar-refractivity contribution in [3.05, 3.63) is 58.1 Å². The molecule has 0 aliphatic carbocycles. The maximum Gasteiger partial charge on any atom is 0.240 e. The van der Waals surface area contributed by atoms with Crippen LogP contribution >= 0.6 is 23.2 Å². The highest BCUT2D eigenvalue weighted by Gasteiger charge is 2.23. The molecule has 1 amide bonds. The number of carbonyl (C=O) groups is 1. The Hall–Kier alpha value is -1.96. The molecule has 2 aromatic carbocycles. The number of nitrogens with one attached hydrogen (secondary N) is 1. The van der Waals surface area contributed by atoms with Crippen molar-refractivity contribution in [3.63, 3.8) is 0 Å². The lowest BCUT2D eigenvalue weighted by Crippen LogP contribution is -2.40. The molecule has 9 heteroatoms. The number of ether oxygens (including phenoxy) is 1. The number of anilines is 1. The molecule has 0 bridgehead atoms. The van der Waals surface area contributed by atoms with Crippen LogP contribution in [-0.4, -0.2) is 39.8 Å². The van der Waals surface area contributed by atoms with E-state index in [0.29, 0.717) is 18.0 Å². The summed E-state index contributed by atoms with van der Waals surface area (Å²) in [6.45, 7) is 4.00. The van der Waals surface area contributed by atoms with Crippen LogP contribution in [0.4, 0.5) is 5.69 Å². The van der Waals surface area contributed by atoms with Crippen molar-refractivity contribution < 1.29 is 17.9 Å². The van der Waals surface area contributed by atoms with Crippen molar-refractivity contribution in [3.8, 4) is 5.75 Å². The smallest absolute Gasteiger partial charge is 0.240 e. The number of aryl methyl sites for hydroxylation is 1. The van der Waals surface area contributed by atoms with E-state index in [9.17, 15) is 13.2 Å². The zero-order chi connectivity index (χ0) is 22.3. The summed E-state index contributed by atoms with van der Waals surface area (Å²) in [5.74, 6) is 0.401. The van der Waals surface area contributed by atoms with Gasteiger partial charge in [0.05, 0.1) is 23.1 Å². The molecular formula is C21H26Cl2N2O4S. The predicted molar refractivity (Wildman–Crippen MR) is 122 cm³/mol. The van der Waals surface area contributed by atoms with Crippen LogP contribution in [0.2, 0.25) is 10.0 Å². The Balaban J connectivity index is 1.91. The minimum Gasteiger partial charge on any atom is -0.491 e. The van der Waals surface area contributed by atoms with Gasteiger partial charge in [-0.2, -0.15) is 0 Å². The normalized spacial score (nSPS) is 11.4. The van der Waals surface area contributed by atoms with E-state index in [4.69, 9.17) is 27.9 Å². The Morgan fingerprint density at radius 1 is 1.17 bits per heavy atom. The number of sulfonamides is 1. The van der Waals surface area contributed by atoms with E-state index in [1.807, 2.05) is 38.1 Å². The van der Waals surface area contributed by atoms with Crippen molar-refractivity contribution in [2.45, 2.75) is 32.8 Å². The van der Waals surface area contributed by atoms with E-state index >= 15 is 0 Å². The summed E-state index contributed by atoms with van der Waals surface area (Å²) in [6.07, 6.45) is 2.59. The van der Waals surface area contributed by atoms with Gasteiger partial charge in [-0.05, 0) is 62.6 Å². The average Bonchev–Trinajstić information content (AvgIpc) is 2.63. The van der Waals surface area contributed by atoms with Crippen LogP contribution in [0.1, 0.15) is 25.8 Å². The molecule has 0 heterocycles. The first-order valence-electron chi connectivity index (χ1n) is 9.51. The van der Waals surface area contributed by atoms with Gasteiger partial charge in [-0.15, -0.1) is 0 Å². The van der Waals surface area contributed by atoms with Gasteiger partial charge in [0.15, 0.2) is 0 Å². The molecule has 0 spiro atoms. The number of hydrogen-bond acceptors (Lipinski definition) is 4. The van der Waals surface area contributed by atoms with E-state index in [1.54, 1.807) is 0 Å². The topological polar surface area (TPSA) is 75.7 Å². The highest BCUT2D eigenvalue weighted by molar-refractivity contribution is 7.92. The van der Waals surface area contributed by atoms with Crippen molar-refractivity contribution in [1.29, 1.82) is 0 Å². The molecule has 2 rings (SSSR count). The zero-order valence-electron chi connectivity index (χ0n) is 17.2. The lowest BCUT2D eigenvalue weighted by molar-refractivity contribution is -0.119. The molecular weight excluding hydrogens is 447 g/mol. The van der Waals surface area contributed by atoms with Crippen LogP contribution in [-0.2, 0) is 21.2 Å². The van der Waals surface area contributed by atoms with Crippen molar-refractivity contribution in [2.75, 3.05) is 23.7 Å². The van der Waals surface area contributed by atoms with Crippen LogP contribution in [0.25, 0.3) is 0 Å². The molecule has 30 heavy (non-hydrogen) atoms. The van der Waals surface area contributed by atoms with Gasteiger partial charge in [0, 0.05) is 11.6 Å². The number of nitrogens with zero attached hydrogens (tertiary/aromatic N) is 1. The number of amides is 1. The molecule has 0 aliphatic heterocycles. The van der Waals surface area contributed by atoms with E-state index in [0.717, 1.165) is 28.3 Å². The second-order valence-electron chi connectivity index (χ2n) is 7.13. The molecule has 0 saturated carbocycles. The van der Waals surface area contributed by atoms with Gasteiger partial charge in [-0.25, -0.2) is 8.42 Å². The minimum absolute atomic E-state index is 0.103. The second kappa shape index (κ2) is 10.9. The Morgan fingerprint density at radius 2 is 1.90 bits per heavy atom. The summed E-state index contributed by atoms with van der Waals surface area (Å²) in [5.41, 5.74) is 1.31. The third-order valence-electron chi connectivity index (χ3n) is 4.10. The van der Waals surface area contributed by atoms with Crippen molar-refractivity contribution >= 4 is 44.8 Å². The van der Waals surface area contributed by atoms with Gasteiger partial charge in [0.2, 0.25) is 15.9 Å². The molecule has 6 nitrogen and oxygen atoms in total. The maximum atomic E-state index is 12.3. The lowest BCUT2D eigenvalue weighted by Gasteiger charge is -2.23. The highest BCUT2D eigenvalue weighted by atomic mass is 35.5. The second-order valence-corrected chi connectivity index (χ2v) is 9.88. The van der Waals surface area contributed by atoms with E-state index in [-0.39, 0.29) is 23.4 Å². The largest absolute Gasteiger partial charge is 0.491 e.